The van der Waals surface area contributed by atoms with Crippen molar-refractivity contribution in [3.05, 3.63) is 33.1 Å². The molecule has 1 atom stereocenters. The normalized spacial score (nSPS) is 12.9. The van der Waals surface area contributed by atoms with E-state index in [1.807, 2.05) is 0 Å². The van der Waals surface area contributed by atoms with Crippen molar-refractivity contribution in [2.75, 3.05) is 0 Å². The molecule has 144 valence electrons. The summed E-state index contributed by atoms with van der Waals surface area (Å²) < 4.78 is 1.47. The molecule has 0 amide bonds. The number of nitrogens with one attached hydrogen (secondary N) is 2. The Kier molecular flexibility index (Phi) is 11.8. The van der Waals surface area contributed by atoms with Crippen LogP contribution in [0.5, 0.6) is 0 Å². The summed E-state index contributed by atoms with van der Waals surface area (Å²) in [5.41, 5.74) is -0.731. The molecule has 1 heterocycles. The first kappa shape index (κ1) is 21.5. The van der Waals surface area contributed by atoms with Crippen molar-refractivity contribution in [3.8, 4) is 0 Å². The van der Waals surface area contributed by atoms with Crippen molar-refractivity contribution in [3.63, 3.8) is 0 Å². The Bertz CT molecular complexity index is 568. The molecule has 0 fully saturated rings. The lowest BCUT2D eigenvalue weighted by Crippen LogP contribution is -2.23. The van der Waals surface area contributed by atoms with Gasteiger partial charge in [-0.15, -0.1) is 0 Å². The van der Waals surface area contributed by atoms with Gasteiger partial charge in [0.15, 0.2) is 0 Å². The van der Waals surface area contributed by atoms with Crippen molar-refractivity contribution in [1.29, 1.82) is 0 Å². The quantitative estimate of drug-likeness (QED) is 0.342. The fourth-order valence-corrected chi connectivity index (χ4v) is 3.26. The second kappa shape index (κ2) is 13.7. The van der Waals surface area contributed by atoms with Crippen LogP contribution in [0.15, 0.2) is 21.7 Å². The molecule has 0 spiro atoms. The first-order valence-electron chi connectivity index (χ1n) is 10.2. The average molecular weight is 352 g/mol. The maximum atomic E-state index is 11.7. The van der Waals surface area contributed by atoms with Gasteiger partial charge in [0.05, 0.1) is 6.04 Å². The lowest BCUT2D eigenvalue weighted by molar-refractivity contribution is 0.371. The van der Waals surface area contributed by atoms with E-state index in [0.717, 1.165) is 38.5 Å². The Labute approximate surface area is 151 Å². The van der Waals surface area contributed by atoms with Gasteiger partial charge in [-0.3, -0.25) is 4.98 Å². The Morgan fingerprint density at radius 1 is 0.840 bits per heavy atom. The smallest absolute Gasteiger partial charge is 0.257 e. The van der Waals surface area contributed by atoms with Gasteiger partial charge in [-0.2, -0.15) is 0 Å². The highest BCUT2D eigenvalue weighted by molar-refractivity contribution is 4.81. The molecule has 2 N–H and O–H groups in total. The van der Waals surface area contributed by atoms with Crippen molar-refractivity contribution in [1.82, 2.24) is 14.8 Å². The zero-order valence-corrected chi connectivity index (χ0v) is 16.2. The largest absolute Gasteiger partial charge is 0.344 e. The van der Waals surface area contributed by atoms with E-state index in [4.69, 9.17) is 0 Å². The Hall–Kier alpha value is -1.52. The highest BCUT2D eigenvalue weighted by atomic mass is 16.2. The molecular formula is C20H37N3O2. The van der Waals surface area contributed by atoms with Crippen molar-refractivity contribution < 1.29 is 0 Å². The van der Waals surface area contributed by atoms with E-state index in [1.165, 1.54) is 49.6 Å². The summed E-state index contributed by atoms with van der Waals surface area (Å²) in [6.45, 7) is 4.36. The third-order valence-corrected chi connectivity index (χ3v) is 4.70. The number of hydrogen-bond acceptors (Lipinski definition) is 2. The van der Waals surface area contributed by atoms with E-state index in [0.29, 0.717) is 0 Å². The van der Waals surface area contributed by atoms with E-state index >= 15 is 0 Å². The molecule has 0 aliphatic heterocycles. The molecule has 5 heteroatoms. The zero-order chi connectivity index (χ0) is 18.3. The van der Waals surface area contributed by atoms with Crippen LogP contribution >= 0.6 is 0 Å². The number of hydrogen-bond donors (Lipinski definition) is 2. The fourth-order valence-electron chi connectivity index (χ4n) is 3.26. The van der Waals surface area contributed by atoms with Crippen LogP contribution in [-0.4, -0.2) is 14.8 Å². The first-order valence-corrected chi connectivity index (χ1v) is 10.2. The van der Waals surface area contributed by atoms with Crippen LogP contribution in [0.1, 0.15) is 103 Å². The van der Waals surface area contributed by atoms with Gasteiger partial charge in [0.2, 0.25) is 0 Å². The predicted octanol–water partition coefficient (Wildman–Crippen LogP) is 5.07. The lowest BCUT2D eigenvalue weighted by atomic mass is 10.0. The maximum Gasteiger partial charge on any atom is 0.344 e. The number of rotatable bonds is 15. The Balaban J connectivity index is 2.14. The molecule has 0 radical (unpaired) electrons. The third kappa shape index (κ3) is 9.51. The van der Waals surface area contributed by atoms with Gasteiger partial charge < -0.3 is 0 Å². The van der Waals surface area contributed by atoms with Gasteiger partial charge in [-0.05, 0) is 38.5 Å². The molecular weight excluding hydrogens is 314 g/mol. The monoisotopic (exact) mass is 351 g/mol. The minimum absolute atomic E-state index is 0.101. The van der Waals surface area contributed by atoms with Gasteiger partial charge in [-0.25, -0.2) is 19.4 Å². The lowest BCUT2D eigenvalue weighted by Gasteiger charge is -2.15. The summed E-state index contributed by atoms with van der Waals surface area (Å²) >= 11 is 0. The molecule has 25 heavy (non-hydrogen) atoms. The van der Waals surface area contributed by atoms with Crippen LogP contribution < -0.4 is 11.4 Å². The Morgan fingerprint density at radius 3 is 2.08 bits per heavy atom. The average Bonchev–Trinajstić information content (AvgIpc) is 2.93. The summed E-state index contributed by atoms with van der Waals surface area (Å²) in [6, 6.07) is 0.101. The van der Waals surface area contributed by atoms with Gasteiger partial charge in [0, 0.05) is 0 Å². The molecule has 1 rings (SSSR count). The minimum Gasteiger partial charge on any atom is -0.257 e. The van der Waals surface area contributed by atoms with Crippen LogP contribution in [0.2, 0.25) is 0 Å². The Morgan fingerprint density at radius 2 is 1.48 bits per heavy atom. The van der Waals surface area contributed by atoms with Crippen molar-refractivity contribution in [2.45, 2.75) is 103 Å². The molecule has 0 saturated heterocycles. The third-order valence-electron chi connectivity index (χ3n) is 4.70. The zero-order valence-electron chi connectivity index (χ0n) is 16.2. The number of H-pyrrole nitrogens is 2. The number of allylic oxidation sites excluding steroid dienone is 2. The van der Waals surface area contributed by atoms with Crippen molar-refractivity contribution in [2.24, 2.45) is 0 Å². The van der Waals surface area contributed by atoms with E-state index < -0.39 is 5.69 Å². The summed E-state index contributed by atoms with van der Waals surface area (Å²) in [5, 5.41) is 2.60. The number of unbranched alkanes of at least 4 members (excludes halogenated alkanes) is 8. The highest BCUT2D eigenvalue weighted by Gasteiger charge is 2.13. The highest BCUT2D eigenvalue weighted by Crippen LogP contribution is 2.18. The second-order valence-electron chi connectivity index (χ2n) is 7.00. The molecule has 1 aromatic rings. The predicted molar refractivity (Wildman–Crippen MR) is 105 cm³/mol. The van der Waals surface area contributed by atoms with Crippen LogP contribution in [0.4, 0.5) is 0 Å². The summed E-state index contributed by atoms with van der Waals surface area (Å²) in [6.07, 6.45) is 20.1. The number of aromatic amines is 2. The van der Waals surface area contributed by atoms with Crippen molar-refractivity contribution >= 4 is 0 Å². The van der Waals surface area contributed by atoms with E-state index in [9.17, 15) is 9.59 Å². The van der Waals surface area contributed by atoms with Gasteiger partial charge >= 0.3 is 11.4 Å². The minimum atomic E-state index is -0.413. The second-order valence-corrected chi connectivity index (χ2v) is 7.00. The SMILES string of the molecule is CCCCCCCC/C=C\CCCCC(CCC)n1[nH]c(=O)[nH]c1=O. The molecule has 0 aliphatic rings. The van der Waals surface area contributed by atoms with Gasteiger partial charge in [0.1, 0.15) is 0 Å². The maximum absolute atomic E-state index is 11.7. The molecule has 0 bridgehead atoms. The van der Waals surface area contributed by atoms with Crippen LogP contribution in [0.3, 0.4) is 0 Å². The van der Waals surface area contributed by atoms with Gasteiger partial charge in [0.25, 0.3) is 0 Å². The van der Waals surface area contributed by atoms with E-state index in [1.54, 1.807) is 0 Å². The first-order chi connectivity index (χ1) is 12.2. The number of nitrogens with zero attached hydrogens (tertiary/aromatic N) is 1. The molecule has 1 unspecified atom stereocenters. The summed E-state index contributed by atoms with van der Waals surface area (Å²) in [4.78, 5) is 25.3. The molecule has 0 aliphatic carbocycles. The van der Waals surface area contributed by atoms with Crippen LogP contribution in [0.25, 0.3) is 0 Å². The van der Waals surface area contributed by atoms with Crippen LogP contribution in [0, 0.1) is 0 Å². The molecule has 0 aromatic carbocycles. The topological polar surface area (TPSA) is 70.7 Å². The van der Waals surface area contributed by atoms with E-state index in [2.05, 4.69) is 36.1 Å². The standard InChI is InChI=1S/C20H37N3O2/c1-3-5-6-7-8-9-10-11-12-13-14-15-17-18(16-4-2)23-20(25)21-19(24)22-23/h11-12,18H,3-10,13-17H2,1-2H3,(H2,21,22,24,25)/b12-11-. The molecule has 1 aromatic heterocycles. The summed E-state index contributed by atoms with van der Waals surface area (Å²) in [5.74, 6) is 0. The van der Waals surface area contributed by atoms with Gasteiger partial charge in [-0.1, -0.05) is 70.9 Å². The van der Waals surface area contributed by atoms with Crippen LogP contribution in [-0.2, 0) is 0 Å². The fraction of sp³-hybridized carbons (Fsp3) is 0.800. The molecule has 0 saturated carbocycles. The van der Waals surface area contributed by atoms with E-state index in [-0.39, 0.29) is 11.7 Å². The number of aromatic nitrogens is 3. The molecule has 5 nitrogen and oxygen atoms in total. The summed E-state index contributed by atoms with van der Waals surface area (Å²) in [7, 11) is 0.